The van der Waals surface area contributed by atoms with Crippen LogP contribution in [-0.4, -0.2) is 16.9 Å². The highest BCUT2D eigenvalue weighted by Crippen LogP contribution is 1.84. The van der Waals surface area contributed by atoms with Gasteiger partial charge in [0.1, 0.15) is 0 Å². The molecule has 0 heterocycles. The van der Waals surface area contributed by atoms with Crippen molar-refractivity contribution < 1.29 is 19.8 Å². The first-order valence-corrected chi connectivity index (χ1v) is 2.83. The average Bonchev–Trinajstić information content (AvgIpc) is 1.86. The minimum Gasteiger partial charge on any atom is -0.868 e. The second-order valence-corrected chi connectivity index (χ2v) is 1.81. The molecule has 0 aromatic carbocycles. The molecule has 0 spiro atoms. The second-order valence-electron chi connectivity index (χ2n) is 1.81. The predicted molar refractivity (Wildman–Crippen MR) is 35.5 cm³/mol. The quantitative estimate of drug-likeness (QED) is 0.337. The Labute approximate surface area is 63.5 Å². The van der Waals surface area contributed by atoms with Gasteiger partial charge in [-0.15, -0.1) is 0 Å². The lowest BCUT2D eigenvalue weighted by Gasteiger charge is -2.01. The SMILES string of the molecule is CC(=O)/C=C/C=C(\[O-])C(=O)O. The molecule has 0 amide bonds. The molecule has 0 saturated heterocycles. The van der Waals surface area contributed by atoms with Crippen LogP contribution in [0.4, 0.5) is 0 Å². The molecule has 0 unspecified atom stereocenters. The van der Waals surface area contributed by atoms with Gasteiger partial charge in [-0.1, -0.05) is 12.2 Å². The Bertz CT molecular complexity index is 225. The van der Waals surface area contributed by atoms with Crippen LogP contribution in [0.1, 0.15) is 6.92 Å². The molecule has 1 N–H and O–H groups in total. The minimum atomic E-state index is -1.53. The van der Waals surface area contributed by atoms with Crippen molar-refractivity contribution >= 4 is 11.8 Å². The number of aliphatic carboxylic acids is 1. The monoisotopic (exact) mass is 155 g/mol. The van der Waals surface area contributed by atoms with Crippen molar-refractivity contribution in [3.63, 3.8) is 0 Å². The molecule has 0 fully saturated rings. The van der Waals surface area contributed by atoms with E-state index in [1.54, 1.807) is 0 Å². The third kappa shape index (κ3) is 4.90. The van der Waals surface area contributed by atoms with Crippen molar-refractivity contribution in [3.8, 4) is 0 Å². The largest absolute Gasteiger partial charge is 0.868 e. The number of carboxylic acids is 1. The number of hydrogen-bond donors (Lipinski definition) is 1. The molecule has 11 heavy (non-hydrogen) atoms. The van der Waals surface area contributed by atoms with E-state index in [0.717, 1.165) is 18.2 Å². The number of allylic oxidation sites excluding steroid dienone is 3. The molecule has 4 heteroatoms. The molecular weight excluding hydrogens is 148 g/mol. The van der Waals surface area contributed by atoms with Gasteiger partial charge in [-0.05, 0) is 18.8 Å². The lowest BCUT2D eigenvalue weighted by Crippen LogP contribution is -2.13. The number of carbonyl (C=O) groups excluding carboxylic acids is 1. The lowest BCUT2D eigenvalue weighted by atomic mass is 10.3. The molecule has 0 rings (SSSR count). The maximum atomic E-state index is 10.3. The van der Waals surface area contributed by atoms with Crippen LogP contribution in [0.5, 0.6) is 0 Å². The normalized spacial score (nSPS) is 11.9. The molecule has 0 aliphatic heterocycles. The van der Waals surface area contributed by atoms with Crippen molar-refractivity contribution in [2.45, 2.75) is 6.92 Å². The van der Waals surface area contributed by atoms with Crippen LogP contribution in [0.3, 0.4) is 0 Å². The van der Waals surface area contributed by atoms with E-state index >= 15 is 0 Å². The molecule has 0 aromatic heterocycles. The zero-order chi connectivity index (χ0) is 8.85. The Morgan fingerprint density at radius 3 is 2.36 bits per heavy atom. The third-order valence-electron chi connectivity index (χ3n) is 0.789. The molecule has 0 atom stereocenters. The standard InChI is InChI=1S/C7H8O4/c1-5(8)3-2-4-6(9)7(10)11/h2-4,9H,1H3,(H,10,11)/p-1/b3-2+,6-4-. The highest BCUT2D eigenvalue weighted by atomic mass is 16.4. The Hall–Kier alpha value is -1.58. The topological polar surface area (TPSA) is 77.4 Å². The van der Waals surface area contributed by atoms with Crippen LogP contribution in [0.15, 0.2) is 24.0 Å². The maximum Gasteiger partial charge on any atom is 0.320 e. The van der Waals surface area contributed by atoms with E-state index in [2.05, 4.69) is 0 Å². The van der Waals surface area contributed by atoms with Crippen molar-refractivity contribution in [1.82, 2.24) is 0 Å². The molecule has 0 aromatic rings. The molecule has 60 valence electrons. The highest BCUT2D eigenvalue weighted by Gasteiger charge is 1.88. The van der Waals surface area contributed by atoms with Gasteiger partial charge >= 0.3 is 5.97 Å². The summed E-state index contributed by atoms with van der Waals surface area (Å²) in [6.45, 7) is 1.30. The first kappa shape index (κ1) is 9.42. The van der Waals surface area contributed by atoms with Gasteiger partial charge in [0.2, 0.25) is 0 Å². The van der Waals surface area contributed by atoms with Crippen molar-refractivity contribution in [3.05, 3.63) is 24.0 Å². The number of rotatable bonds is 3. The van der Waals surface area contributed by atoms with E-state index < -0.39 is 11.7 Å². The van der Waals surface area contributed by atoms with Gasteiger partial charge in [-0.3, -0.25) is 4.79 Å². The summed E-state index contributed by atoms with van der Waals surface area (Å²) in [5, 5.41) is 18.4. The van der Waals surface area contributed by atoms with Gasteiger partial charge in [-0.25, -0.2) is 4.79 Å². The Morgan fingerprint density at radius 2 is 2.00 bits per heavy atom. The molecule has 0 bridgehead atoms. The maximum absolute atomic E-state index is 10.3. The lowest BCUT2D eigenvalue weighted by molar-refractivity contribution is -0.302. The van der Waals surface area contributed by atoms with Crippen LogP contribution in [0.25, 0.3) is 0 Å². The number of carboxylic acid groups (broad SMARTS) is 1. The van der Waals surface area contributed by atoms with E-state index in [-0.39, 0.29) is 5.78 Å². The van der Waals surface area contributed by atoms with Crippen molar-refractivity contribution in [2.24, 2.45) is 0 Å². The second kappa shape index (κ2) is 4.27. The van der Waals surface area contributed by atoms with Gasteiger partial charge in [0, 0.05) is 0 Å². The van der Waals surface area contributed by atoms with Crippen LogP contribution in [0, 0.1) is 0 Å². The van der Waals surface area contributed by atoms with Gasteiger partial charge < -0.3 is 10.2 Å². The molecule has 0 aliphatic carbocycles. The molecule has 4 nitrogen and oxygen atoms in total. The minimum absolute atomic E-state index is 0.237. The molecular formula is C7H7O4-. The zero-order valence-corrected chi connectivity index (χ0v) is 5.90. The summed E-state index contributed by atoms with van der Waals surface area (Å²) in [7, 11) is 0. The van der Waals surface area contributed by atoms with E-state index in [0.29, 0.717) is 0 Å². The summed E-state index contributed by atoms with van der Waals surface area (Å²) >= 11 is 0. The van der Waals surface area contributed by atoms with Crippen LogP contribution in [0.2, 0.25) is 0 Å². The number of ketones is 1. The molecule has 0 aliphatic rings. The predicted octanol–water partition coefficient (Wildman–Crippen LogP) is -0.540. The number of carbonyl (C=O) groups is 2. The summed E-state index contributed by atoms with van der Waals surface area (Å²) in [6, 6.07) is 0. The van der Waals surface area contributed by atoms with Gasteiger partial charge in [-0.2, -0.15) is 0 Å². The first-order valence-electron chi connectivity index (χ1n) is 2.83. The summed E-state index contributed by atoms with van der Waals surface area (Å²) in [5.41, 5.74) is 0. The van der Waals surface area contributed by atoms with E-state index in [4.69, 9.17) is 5.11 Å². The Balaban J connectivity index is 4.13. The summed E-state index contributed by atoms with van der Waals surface area (Å²) in [4.78, 5) is 20.1. The first-order chi connectivity index (χ1) is 5.04. The van der Waals surface area contributed by atoms with Gasteiger partial charge in [0.15, 0.2) is 5.78 Å². The fourth-order valence-corrected chi connectivity index (χ4v) is 0.342. The van der Waals surface area contributed by atoms with Gasteiger partial charge in [0.25, 0.3) is 0 Å². The zero-order valence-electron chi connectivity index (χ0n) is 5.90. The molecule has 0 radical (unpaired) electrons. The fourth-order valence-electron chi connectivity index (χ4n) is 0.342. The van der Waals surface area contributed by atoms with Crippen LogP contribution < -0.4 is 5.11 Å². The summed E-state index contributed by atoms with van der Waals surface area (Å²) in [6.07, 6.45) is 3.04. The van der Waals surface area contributed by atoms with Gasteiger partial charge in [0.05, 0.1) is 0 Å². The van der Waals surface area contributed by atoms with Crippen LogP contribution >= 0.6 is 0 Å². The summed E-state index contributed by atoms with van der Waals surface area (Å²) in [5.74, 6) is -2.81. The Kier molecular flexibility index (Phi) is 3.66. The average molecular weight is 155 g/mol. The summed E-state index contributed by atoms with van der Waals surface area (Å²) < 4.78 is 0. The highest BCUT2D eigenvalue weighted by molar-refractivity contribution is 5.88. The third-order valence-corrected chi connectivity index (χ3v) is 0.789. The Morgan fingerprint density at radius 1 is 1.45 bits per heavy atom. The van der Waals surface area contributed by atoms with Crippen molar-refractivity contribution in [1.29, 1.82) is 0 Å². The van der Waals surface area contributed by atoms with E-state index in [9.17, 15) is 14.7 Å². The van der Waals surface area contributed by atoms with Crippen molar-refractivity contribution in [2.75, 3.05) is 0 Å². The van der Waals surface area contributed by atoms with E-state index in [1.807, 2.05) is 0 Å². The smallest absolute Gasteiger partial charge is 0.320 e. The fraction of sp³-hybridized carbons (Fsp3) is 0.143. The van der Waals surface area contributed by atoms with Crippen LogP contribution in [-0.2, 0) is 9.59 Å². The number of hydrogen-bond acceptors (Lipinski definition) is 3. The van der Waals surface area contributed by atoms with E-state index in [1.165, 1.54) is 6.92 Å². The molecule has 0 saturated carbocycles.